The van der Waals surface area contributed by atoms with Crippen molar-refractivity contribution in [2.75, 3.05) is 6.54 Å². The van der Waals surface area contributed by atoms with E-state index in [-0.39, 0.29) is 6.04 Å². The van der Waals surface area contributed by atoms with E-state index in [1.165, 1.54) is 16.7 Å². The standard InChI is InChI=1S/C19H24N2O/c20-17(12-14-6-2-1-3-7-14)19(22)13-21-18-11-10-15-8-4-5-9-16(15)18/h1-9,17-19,21-22H,10-13,20H2/t17-,18?,19+/m0/s1. The molecule has 0 spiro atoms. The summed E-state index contributed by atoms with van der Waals surface area (Å²) in [7, 11) is 0. The minimum atomic E-state index is -0.534. The summed E-state index contributed by atoms with van der Waals surface area (Å²) in [6.45, 7) is 0.535. The Morgan fingerprint density at radius 1 is 1.09 bits per heavy atom. The van der Waals surface area contributed by atoms with Crippen LogP contribution in [0.25, 0.3) is 0 Å². The normalized spacial score (nSPS) is 19.6. The molecule has 0 saturated carbocycles. The summed E-state index contributed by atoms with van der Waals surface area (Å²) in [5.74, 6) is 0. The number of rotatable bonds is 6. The van der Waals surface area contributed by atoms with Crippen molar-refractivity contribution in [2.45, 2.75) is 37.5 Å². The fourth-order valence-electron chi connectivity index (χ4n) is 3.21. The van der Waals surface area contributed by atoms with Crippen molar-refractivity contribution in [3.63, 3.8) is 0 Å². The number of nitrogens with two attached hydrogens (primary N) is 1. The second-order valence-electron chi connectivity index (χ2n) is 6.12. The van der Waals surface area contributed by atoms with Crippen LogP contribution in [-0.4, -0.2) is 23.8 Å². The molecular formula is C19H24N2O. The third-order valence-electron chi connectivity index (χ3n) is 4.51. The SMILES string of the molecule is N[C@@H](Cc1ccccc1)[C@H](O)CNC1CCc2ccccc21. The van der Waals surface area contributed by atoms with E-state index >= 15 is 0 Å². The lowest BCUT2D eigenvalue weighted by Gasteiger charge is -2.22. The van der Waals surface area contributed by atoms with Crippen LogP contribution in [-0.2, 0) is 12.8 Å². The number of fused-ring (bicyclic) bond motifs is 1. The highest BCUT2D eigenvalue weighted by Crippen LogP contribution is 2.30. The molecule has 1 unspecified atom stereocenters. The Hall–Kier alpha value is -1.68. The maximum Gasteiger partial charge on any atom is 0.0818 e. The van der Waals surface area contributed by atoms with Crippen LogP contribution in [0, 0.1) is 0 Å². The van der Waals surface area contributed by atoms with Gasteiger partial charge in [0.2, 0.25) is 0 Å². The predicted octanol–water partition coefficient (Wildman–Crippen LogP) is 2.19. The van der Waals surface area contributed by atoms with Crippen molar-refractivity contribution in [1.29, 1.82) is 0 Å². The maximum atomic E-state index is 10.3. The molecule has 0 aliphatic heterocycles. The van der Waals surface area contributed by atoms with Gasteiger partial charge in [0.05, 0.1) is 6.10 Å². The number of aliphatic hydroxyl groups is 1. The van der Waals surface area contributed by atoms with Crippen molar-refractivity contribution < 1.29 is 5.11 Å². The molecule has 1 aliphatic rings. The van der Waals surface area contributed by atoms with Gasteiger partial charge in [-0.1, -0.05) is 54.6 Å². The van der Waals surface area contributed by atoms with Gasteiger partial charge in [0.25, 0.3) is 0 Å². The number of benzene rings is 2. The highest BCUT2D eigenvalue weighted by atomic mass is 16.3. The van der Waals surface area contributed by atoms with E-state index in [0.29, 0.717) is 19.0 Å². The quantitative estimate of drug-likeness (QED) is 0.766. The minimum absolute atomic E-state index is 0.244. The lowest BCUT2D eigenvalue weighted by atomic mass is 10.0. The molecule has 0 radical (unpaired) electrons. The van der Waals surface area contributed by atoms with Crippen LogP contribution in [0.3, 0.4) is 0 Å². The van der Waals surface area contributed by atoms with E-state index in [1.807, 2.05) is 30.3 Å². The van der Waals surface area contributed by atoms with Gasteiger partial charge in [-0.15, -0.1) is 0 Å². The first kappa shape index (κ1) is 15.2. The fourth-order valence-corrected chi connectivity index (χ4v) is 3.21. The second kappa shape index (κ2) is 7.05. The molecule has 2 aromatic rings. The fraction of sp³-hybridized carbons (Fsp3) is 0.368. The first-order chi connectivity index (χ1) is 10.7. The summed E-state index contributed by atoms with van der Waals surface area (Å²) < 4.78 is 0. The topological polar surface area (TPSA) is 58.3 Å². The van der Waals surface area contributed by atoms with Gasteiger partial charge in [-0.3, -0.25) is 0 Å². The lowest BCUT2D eigenvalue weighted by molar-refractivity contribution is 0.138. The Morgan fingerprint density at radius 2 is 1.82 bits per heavy atom. The number of hydrogen-bond acceptors (Lipinski definition) is 3. The summed E-state index contributed by atoms with van der Waals surface area (Å²) >= 11 is 0. The Labute approximate surface area is 132 Å². The zero-order valence-electron chi connectivity index (χ0n) is 12.8. The molecule has 2 aromatic carbocycles. The number of aliphatic hydroxyl groups excluding tert-OH is 1. The van der Waals surface area contributed by atoms with E-state index in [9.17, 15) is 5.11 Å². The van der Waals surface area contributed by atoms with Crippen LogP contribution in [0.5, 0.6) is 0 Å². The van der Waals surface area contributed by atoms with Crippen molar-refractivity contribution in [3.05, 3.63) is 71.3 Å². The highest BCUT2D eigenvalue weighted by Gasteiger charge is 2.23. The van der Waals surface area contributed by atoms with Crippen LogP contribution in [0.15, 0.2) is 54.6 Å². The summed E-state index contributed by atoms with van der Waals surface area (Å²) in [6.07, 6.45) is 2.37. The molecule has 22 heavy (non-hydrogen) atoms. The smallest absolute Gasteiger partial charge is 0.0818 e. The summed E-state index contributed by atoms with van der Waals surface area (Å²) in [5.41, 5.74) is 10.1. The second-order valence-corrected chi connectivity index (χ2v) is 6.12. The third-order valence-corrected chi connectivity index (χ3v) is 4.51. The predicted molar refractivity (Wildman–Crippen MR) is 89.6 cm³/mol. The number of hydrogen-bond donors (Lipinski definition) is 3. The zero-order valence-corrected chi connectivity index (χ0v) is 12.8. The molecule has 1 aliphatic carbocycles. The van der Waals surface area contributed by atoms with Crippen LogP contribution in [0.1, 0.15) is 29.2 Å². The van der Waals surface area contributed by atoms with Crippen LogP contribution >= 0.6 is 0 Å². The largest absolute Gasteiger partial charge is 0.390 e. The van der Waals surface area contributed by atoms with Gasteiger partial charge in [0, 0.05) is 18.6 Å². The molecule has 0 heterocycles. The zero-order chi connectivity index (χ0) is 15.4. The molecule has 0 aromatic heterocycles. The van der Waals surface area contributed by atoms with Crippen LogP contribution in [0.4, 0.5) is 0 Å². The molecule has 0 fully saturated rings. The maximum absolute atomic E-state index is 10.3. The van der Waals surface area contributed by atoms with Gasteiger partial charge < -0.3 is 16.2 Å². The summed E-state index contributed by atoms with van der Waals surface area (Å²) in [4.78, 5) is 0. The van der Waals surface area contributed by atoms with Crippen molar-refractivity contribution in [3.8, 4) is 0 Å². The van der Waals surface area contributed by atoms with E-state index in [0.717, 1.165) is 12.8 Å². The first-order valence-electron chi connectivity index (χ1n) is 8.03. The molecule has 116 valence electrons. The van der Waals surface area contributed by atoms with Gasteiger partial charge in [-0.25, -0.2) is 0 Å². The first-order valence-corrected chi connectivity index (χ1v) is 8.03. The van der Waals surface area contributed by atoms with Gasteiger partial charge in [-0.2, -0.15) is 0 Å². The van der Waals surface area contributed by atoms with Gasteiger partial charge >= 0.3 is 0 Å². The molecule has 4 N–H and O–H groups in total. The Morgan fingerprint density at radius 3 is 2.64 bits per heavy atom. The Balaban J connectivity index is 1.51. The monoisotopic (exact) mass is 296 g/mol. The third kappa shape index (κ3) is 3.55. The molecule has 3 nitrogen and oxygen atoms in total. The lowest BCUT2D eigenvalue weighted by Crippen LogP contribution is -2.43. The Bertz CT molecular complexity index is 599. The average Bonchev–Trinajstić information content (AvgIpc) is 2.97. The average molecular weight is 296 g/mol. The van der Waals surface area contributed by atoms with Crippen molar-refractivity contribution in [2.24, 2.45) is 5.73 Å². The molecular weight excluding hydrogens is 272 g/mol. The van der Waals surface area contributed by atoms with Gasteiger partial charge in [0.15, 0.2) is 0 Å². The summed E-state index contributed by atoms with van der Waals surface area (Å²) in [5, 5.41) is 13.8. The number of aryl methyl sites for hydroxylation is 1. The van der Waals surface area contributed by atoms with E-state index in [4.69, 9.17) is 5.73 Å². The molecule has 3 heteroatoms. The van der Waals surface area contributed by atoms with E-state index in [2.05, 4.69) is 29.6 Å². The van der Waals surface area contributed by atoms with Gasteiger partial charge in [-0.05, 0) is 36.0 Å². The van der Waals surface area contributed by atoms with E-state index in [1.54, 1.807) is 0 Å². The molecule has 3 rings (SSSR count). The molecule has 0 bridgehead atoms. The van der Waals surface area contributed by atoms with E-state index < -0.39 is 6.10 Å². The molecule has 0 amide bonds. The molecule has 3 atom stereocenters. The number of nitrogens with one attached hydrogen (secondary N) is 1. The summed E-state index contributed by atoms with van der Waals surface area (Å²) in [6, 6.07) is 18.7. The van der Waals surface area contributed by atoms with Crippen molar-refractivity contribution >= 4 is 0 Å². The van der Waals surface area contributed by atoms with Crippen molar-refractivity contribution in [1.82, 2.24) is 5.32 Å². The van der Waals surface area contributed by atoms with Gasteiger partial charge in [0.1, 0.15) is 0 Å². The highest BCUT2D eigenvalue weighted by molar-refractivity contribution is 5.34. The van der Waals surface area contributed by atoms with Crippen LogP contribution in [0.2, 0.25) is 0 Å². The minimum Gasteiger partial charge on any atom is -0.390 e. The Kier molecular flexibility index (Phi) is 4.88. The van der Waals surface area contributed by atoms with Crippen LogP contribution < -0.4 is 11.1 Å². The molecule has 0 saturated heterocycles.